The number of rotatable bonds is 6. The van der Waals surface area contributed by atoms with Gasteiger partial charge in [0.25, 0.3) is 0 Å². The van der Waals surface area contributed by atoms with Crippen molar-refractivity contribution >= 4 is 8.07 Å². The lowest BCUT2D eigenvalue weighted by molar-refractivity contribution is 0.0869. The Morgan fingerprint density at radius 3 is 2.45 bits per heavy atom. The number of hydrogen-bond donors (Lipinski definition) is 0. The highest BCUT2D eigenvalue weighted by molar-refractivity contribution is 6.76. The van der Waals surface area contributed by atoms with Gasteiger partial charge in [0.2, 0.25) is 0 Å². The fraction of sp³-hybridized carbons (Fsp3) is 0.353. The zero-order valence-corrected chi connectivity index (χ0v) is 14.3. The lowest BCUT2D eigenvalue weighted by atomic mass is 10.1. The Labute approximate surface area is 131 Å². The van der Waals surface area contributed by atoms with E-state index in [-0.39, 0.29) is 11.2 Å². The zero-order valence-electron chi connectivity index (χ0n) is 13.3. The molecular weight excluding hydrogens is 297 g/mol. The van der Waals surface area contributed by atoms with Crippen LogP contribution in [0.5, 0.6) is 0 Å². The van der Waals surface area contributed by atoms with Crippen molar-refractivity contribution in [1.82, 2.24) is 4.57 Å². The van der Waals surface area contributed by atoms with Crippen LogP contribution in [-0.2, 0) is 11.5 Å². The molecular formula is C17H22FNO2Si. The first-order valence-electron chi connectivity index (χ1n) is 7.39. The Kier molecular flexibility index (Phi) is 5.31. The lowest BCUT2D eigenvalue weighted by Crippen LogP contribution is -2.22. The summed E-state index contributed by atoms with van der Waals surface area (Å²) in [7, 11) is -1.09. The van der Waals surface area contributed by atoms with Crippen LogP contribution in [-0.4, -0.2) is 19.2 Å². The van der Waals surface area contributed by atoms with Crippen LogP contribution in [0.1, 0.15) is 0 Å². The average Bonchev–Trinajstić information content (AvgIpc) is 2.45. The highest BCUT2D eigenvalue weighted by Gasteiger charge is 2.12. The summed E-state index contributed by atoms with van der Waals surface area (Å²) in [5.74, 6) is -0.310. The van der Waals surface area contributed by atoms with Gasteiger partial charge >= 0.3 is 0 Å². The maximum atomic E-state index is 13.0. The number of hydrogen-bond acceptors (Lipinski definition) is 2. The average molecular weight is 319 g/mol. The maximum Gasteiger partial charge on any atom is 0.189 e. The number of halogens is 1. The largest absolute Gasteiger partial charge is 0.361 e. The smallest absolute Gasteiger partial charge is 0.189 e. The molecule has 3 nitrogen and oxygen atoms in total. The van der Waals surface area contributed by atoms with Crippen LogP contribution in [0.15, 0.2) is 47.5 Å². The molecule has 2 rings (SSSR count). The molecule has 0 saturated heterocycles. The van der Waals surface area contributed by atoms with Crippen LogP contribution in [0, 0.1) is 5.82 Å². The van der Waals surface area contributed by atoms with Gasteiger partial charge in [-0.25, -0.2) is 4.39 Å². The van der Waals surface area contributed by atoms with Gasteiger partial charge in [0.1, 0.15) is 12.5 Å². The molecule has 1 heterocycles. The number of benzene rings is 1. The van der Waals surface area contributed by atoms with Crippen molar-refractivity contribution in [2.45, 2.75) is 32.4 Å². The van der Waals surface area contributed by atoms with Crippen molar-refractivity contribution in [2.24, 2.45) is 0 Å². The van der Waals surface area contributed by atoms with Crippen LogP contribution >= 0.6 is 0 Å². The Balaban J connectivity index is 2.07. The molecule has 0 N–H and O–H groups in total. The Morgan fingerprint density at radius 1 is 1.14 bits per heavy atom. The third-order valence-electron chi connectivity index (χ3n) is 3.37. The molecule has 0 amide bonds. The van der Waals surface area contributed by atoms with E-state index in [0.29, 0.717) is 17.9 Å². The monoisotopic (exact) mass is 319 g/mol. The standard InChI is InChI=1S/C17H22FNO2Si/c1-22(2,3)11-10-21-13-19-9-8-17(20)16(12-19)14-4-6-15(18)7-5-14/h4-9,12H,10-11,13H2,1-3H3. The van der Waals surface area contributed by atoms with E-state index < -0.39 is 8.07 Å². The van der Waals surface area contributed by atoms with Crippen molar-refractivity contribution in [3.05, 3.63) is 58.8 Å². The van der Waals surface area contributed by atoms with Crippen LogP contribution in [0.3, 0.4) is 0 Å². The normalized spacial score (nSPS) is 11.6. The summed E-state index contributed by atoms with van der Waals surface area (Å²) >= 11 is 0. The summed E-state index contributed by atoms with van der Waals surface area (Å²) < 4.78 is 20.5. The molecule has 1 aromatic carbocycles. The third kappa shape index (κ3) is 4.93. The lowest BCUT2D eigenvalue weighted by Gasteiger charge is -2.16. The van der Waals surface area contributed by atoms with E-state index in [0.717, 1.165) is 12.7 Å². The number of aromatic nitrogens is 1. The van der Waals surface area contributed by atoms with Gasteiger partial charge in [0.15, 0.2) is 5.43 Å². The summed E-state index contributed by atoms with van der Waals surface area (Å²) in [4.78, 5) is 12.0. The van der Waals surface area contributed by atoms with Crippen LogP contribution in [0.2, 0.25) is 25.7 Å². The molecule has 2 aromatic rings. The van der Waals surface area contributed by atoms with Crippen molar-refractivity contribution < 1.29 is 9.13 Å². The van der Waals surface area contributed by atoms with E-state index in [4.69, 9.17) is 4.74 Å². The van der Waals surface area contributed by atoms with Gasteiger partial charge in [0, 0.05) is 38.7 Å². The molecule has 0 radical (unpaired) electrons. The molecule has 1 aromatic heterocycles. The molecule has 0 aliphatic heterocycles. The van der Waals surface area contributed by atoms with Gasteiger partial charge in [-0.3, -0.25) is 4.79 Å². The maximum absolute atomic E-state index is 13.0. The van der Waals surface area contributed by atoms with Crippen molar-refractivity contribution in [1.29, 1.82) is 0 Å². The fourth-order valence-corrected chi connectivity index (χ4v) is 2.76. The van der Waals surface area contributed by atoms with Crippen LogP contribution < -0.4 is 5.43 Å². The summed E-state index contributed by atoms with van der Waals surface area (Å²) in [6, 6.07) is 8.57. The molecule has 0 spiro atoms. The quantitative estimate of drug-likeness (QED) is 0.596. The first-order chi connectivity index (χ1) is 10.3. The topological polar surface area (TPSA) is 31.2 Å². The van der Waals surface area contributed by atoms with E-state index >= 15 is 0 Å². The second-order valence-corrected chi connectivity index (χ2v) is 12.2. The predicted molar refractivity (Wildman–Crippen MR) is 90.2 cm³/mol. The highest BCUT2D eigenvalue weighted by atomic mass is 28.3. The molecule has 118 valence electrons. The minimum atomic E-state index is -1.09. The summed E-state index contributed by atoms with van der Waals surface area (Å²) in [5, 5.41) is 0. The second kappa shape index (κ2) is 7.02. The molecule has 0 aliphatic rings. The van der Waals surface area contributed by atoms with Crippen molar-refractivity contribution in [3.8, 4) is 11.1 Å². The SMILES string of the molecule is C[Si](C)(C)CCOCn1ccc(=O)c(-c2ccc(F)cc2)c1. The van der Waals surface area contributed by atoms with Gasteiger partial charge in [0.05, 0.1) is 0 Å². The van der Waals surface area contributed by atoms with E-state index in [9.17, 15) is 9.18 Å². The first kappa shape index (κ1) is 16.6. The Morgan fingerprint density at radius 2 is 1.82 bits per heavy atom. The molecule has 0 saturated carbocycles. The van der Waals surface area contributed by atoms with E-state index in [1.54, 1.807) is 24.5 Å². The van der Waals surface area contributed by atoms with Gasteiger partial charge in [-0.15, -0.1) is 0 Å². The fourth-order valence-electron chi connectivity index (χ4n) is 2.00. The summed E-state index contributed by atoms with van der Waals surface area (Å²) in [6.45, 7) is 8.07. The summed E-state index contributed by atoms with van der Waals surface area (Å²) in [5.41, 5.74) is 1.18. The minimum absolute atomic E-state index is 0.0787. The first-order valence-corrected chi connectivity index (χ1v) is 11.1. The van der Waals surface area contributed by atoms with Gasteiger partial charge in [-0.1, -0.05) is 31.8 Å². The van der Waals surface area contributed by atoms with Crippen LogP contribution in [0.25, 0.3) is 11.1 Å². The molecule has 5 heteroatoms. The number of pyridine rings is 1. The summed E-state index contributed by atoms with van der Waals surface area (Å²) in [6.07, 6.45) is 3.47. The van der Waals surface area contributed by atoms with E-state index in [2.05, 4.69) is 19.6 Å². The zero-order chi connectivity index (χ0) is 16.2. The molecule has 0 fully saturated rings. The van der Waals surface area contributed by atoms with Gasteiger partial charge < -0.3 is 9.30 Å². The number of ether oxygens (including phenoxy) is 1. The second-order valence-electron chi connectivity index (χ2n) is 6.59. The molecule has 0 atom stereocenters. The van der Waals surface area contributed by atoms with Crippen molar-refractivity contribution in [3.63, 3.8) is 0 Å². The molecule has 0 aliphatic carbocycles. The highest BCUT2D eigenvalue weighted by Crippen LogP contribution is 2.15. The third-order valence-corrected chi connectivity index (χ3v) is 5.07. The predicted octanol–water partition coefficient (Wildman–Crippen LogP) is 3.97. The van der Waals surface area contributed by atoms with E-state index in [1.165, 1.54) is 18.2 Å². The molecule has 22 heavy (non-hydrogen) atoms. The number of nitrogens with zero attached hydrogens (tertiary/aromatic N) is 1. The Bertz CT molecular complexity index is 674. The molecule has 0 bridgehead atoms. The van der Waals surface area contributed by atoms with E-state index in [1.807, 2.05) is 4.57 Å². The van der Waals surface area contributed by atoms with Crippen LogP contribution in [0.4, 0.5) is 4.39 Å². The van der Waals surface area contributed by atoms with Gasteiger partial charge in [-0.05, 0) is 23.7 Å². The Hall–Kier alpha value is -1.72. The minimum Gasteiger partial charge on any atom is -0.361 e. The van der Waals surface area contributed by atoms with Gasteiger partial charge in [-0.2, -0.15) is 0 Å². The van der Waals surface area contributed by atoms with Crippen molar-refractivity contribution in [2.75, 3.05) is 6.61 Å². The molecule has 0 unspecified atom stereocenters.